The Bertz CT molecular complexity index is 456. The Balaban J connectivity index is 1.90. The molecular weight excluding hydrogens is 270 g/mol. The number of halogens is 4. The Hall–Kier alpha value is -1.10. The molecule has 1 saturated carbocycles. The molecule has 1 aliphatic rings. The molecular formula is C15H19F4N. The lowest BCUT2D eigenvalue weighted by molar-refractivity contribution is -0.140. The summed E-state index contributed by atoms with van der Waals surface area (Å²) in [4.78, 5) is 0. The van der Waals surface area contributed by atoms with Gasteiger partial charge in [0.05, 0.1) is 5.56 Å². The van der Waals surface area contributed by atoms with E-state index in [1.807, 2.05) is 0 Å². The van der Waals surface area contributed by atoms with Gasteiger partial charge in [-0.2, -0.15) is 13.2 Å². The average Bonchev–Trinajstić information content (AvgIpc) is 2.76. The average molecular weight is 289 g/mol. The zero-order chi connectivity index (χ0) is 14.8. The molecule has 20 heavy (non-hydrogen) atoms. The fourth-order valence-electron chi connectivity index (χ4n) is 2.83. The maximum Gasteiger partial charge on any atom is 0.419 e. The second kappa shape index (κ2) is 6.12. The van der Waals surface area contributed by atoms with Gasteiger partial charge in [-0.1, -0.05) is 19.4 Å². The van der Waals surface area contributed by atoms with Crippen molar-refractivity contribution in [2.45, 2.75) is 38.9 Å². The van der Waals surface area contributed by atoms with E-state index in [0.29, 0.717) is 18.0 Å². The molecule has 1 fully saturated rings. The lowest BCUT2D eigenvalue weighted by atomic mass is 10.1. The summed E-state index contributed by atoms with van der Waals surface area (Å²) < 4.78 is 50.9. The minimum absolute atomic E-state index is 0.342. The van der Waals surface area contributed by atoms with E-state index in [9.17, 15) is 17.6 Å². The lowest BCUT2D eigenvalue weighted by Crippen LogP contribution is -2.21. The van der Waals surface area contributed by atoms with Crippen molar-refractivity contribution in [1.29, 1.82) is 0 Å². The van der Waals surface area contributed by atoms with Crippen molar-refractivity contribution >= 4 is 0 Å². The van der Waals surface area contributed by atoms with E-state index in [2.05, 4.69) is 12.2 Å². The molecule has 2 unspecified atom stereocenters. The highest BCUT2D eigenvalue weighted by Crippen LogP contribution is 2.32. The van der Waals surface area contributed by atoms with Crippen LogP contribution in [-0.4, -0.2) is 6.54 Å². The molecule has 0 spiro atoms. The molecule has 1 aliphatic carbocycles. The number of alkyl halides is 3. The van der Waals surface area contributed by atoms with Gasteiger partial charge in [0, 0.05) is 6.54 Å². The van der Waals surface area contributed by atoms with Crippen LogP contribution in [0.5, 0.6) is 0 Å². The van der Waals surface area contributed by atoms with E-state index >= 15 is 0 Å². The Labute approximate surface area is 116 Å². The Morgan fingerprint density at radius 2 is 2.00 bits per heavy atom. The monoisotopic (exact) mass is 289 g/mol. The number of benzene rings is 1. The third-order valence-electron chi connectivity index (χ3n) is 3.90. The first-order valence-electron chi connectivity index (χ1n) is 6.92. The van der Waals surface area contributed by atoms with Gasteiger partial charge in [0.2, 0.25) is 0 Å². The van der Waals surface area contributed by atoms with Crippen molar-refractivity contribution in [3.8, 4) is 0 Å². The van der Waals surface area contributed by atoms with E-state index in [-0.39, 0.29) is 0 Å². The van der Waals surface area contributed by atoms with Gasteiger partial charge in [-0.15, -0.1) is 0 Å². The normalized spacial score (nSPS) is 23.2. The van der Waals surface area contributed by atoms with Crippen LogP contribution in [0.3, 0.4) is 0 Å². The molecule has 1 nitrogen and oxygen atoms in total. The zero-order valence-corrected chi connectivity index (χ0v) is 11.4. The van der Waals surface area contributed by atoms with Gasteiger partial charge in [-0.05, 0) is 48.9 Å². The Morgan fingerprint density at radius 3 is 2.60 bits per heavy atom. The van der Waals surface area contributed by atoms with Crippen LogP contribution in [0, 0.1) is 17.7 Å². The molecule has 0 saturated heterocycles. The van der Waals surface area contributed by atoms with Crippen molar-refractivity contribution in [3.05, 3.63) is 35.1 Å². The molecule has 0 heterocycles. The molecule has 0 amide bonds. The molecule has 1 aromatic rings. The third-order valence-corrected chi connectivity index (χ3v) is 3.90. The molecule has 0 aromatic heterocycles. The highest BCUT2D eigenvalue weighted by Gasteiger charge is 2.34. The van der Waals surface area contributed by atoms with E-state index < -0.39 is 17.6 Å². The summed E-state index contributed by atoms with van der Waals surface area (Å²) in [6.45, 7) is 3.37. The van der Waals surface area contributed by atoms with Crippen LogP contribution in [0.2, 0.25) is 0 Å². The second-order valence-electron chi connectivity index (χ2n) is 5.73. The van der Waals surface area contributed by atoms with E-state index in [4.69, 9.17) is 0 Å². The lowest BCUT2D eigenvalue weighted by Gasteiger charge is -2.13. The quantitative estimate of drug-likeness (QED) is 0.812. The first-order chi connectivity index (χ1) is 9.36. The van der Waals surface area contributed by atoms with Gasteiger partial charge < -0.3 is 5.32 Å². The predicted molar refractivity (Wildman–Crippen MR) is 69.6 cm³/mol. The van der Waals surface area contributed by atoms with Gasteiger partial charge in [0.25, 0.3) is 0 Å². The number of rotatable bonds is 4. The predicted octanol–water partition coefficient (Wildman–Crippen LogP) is 4.37. The first-order valence-corrected chi connectivity index (χ1v) is 6.92. The van der Waals surface area contributed by atoms with Gasteiger partial charge in [0.1, 0.15) is 5.82 Å². The largest absolute Gasteiger partial charge is 0.419 e. The summed E-state index contributed by atoms with van der Waals surface area (Å²) in [5, 5.41) is 3.17. The Morgan fingerprint density at radius 1 is 1.25 bits per heavy atom. The molecule has 112 valence electrons. The van der Waals surface area contributed by atoms with Crippen LogP contribution in [0.4, 0.5) is 17.6 Å². The summed E-state index contributed by atoms with van der Waals surface area (Å²) in [6, 6.07) is 3.17. The summed E-state index contributed by atoms with van der Waals surface area (Å²) in [5.41, 5.74) is -0.726. The van der Waals surface area contributed by atoms with Crippen LogP contribution in [0.1, 0.15) is 37.3 Å². The summed E-state index contributed by atoms with van der Waals surface area (Å²) in [6.07, 6.45) is -1.07. The number of hydrogen-bond donors (Lipinski definition) is 1. The van der Waals surface area contributed by atoms with Crippen LogP contribution < -0.4 is 5.32 Å². The molecule has 2 atom stereocenters. The van der Waals surface area contributed by atoms with E-state index in [0.717, 1.165) is 24.6 Å². The maximum atomic E-state index is 13.1. The van der Waals surface area contributed by atoms with E-state index in [1.54, 1.807) is 0 Å². The maximum absolute atomic E-state index is 13.1. The fraction of sp³-hybridized carbons (Fsp3) is 0.600. The first kappa shape index (κ1) is 15.3. The summed E-state index contributed by atoms with van der Waals surface area (Å²) in [5.74, 6) is 0.128. The van der Waals surface area contributed by atoms with Gasteiger partial charge in [-0.25, -0.2) is 4.39 Å². The van der Waals surface area contributed by atoms with Gasteiger partial charge >= 0.3 is 6.18 Å². The van der Waals surface area contributed by atoms with Crippen LogP contribution in [-0.2, 0) is 12.7 Å². The minimum Gasteiger partial charge on any atom is -0.312 e. The standard InChI is InChI=1S/C15H19F4N/c1-10-2-3-11(6-10)8-20-9-12-4-5-14(16)13(7-12)15(17,18)19/h4-5,7,10-11,20H,2-3,6,8-9H2,1H3. The number of hydrogen-bond acceptors (Lipinski definition) is 1. The highest BCUT2D eigenvalue weighted by atomic mass is 19.4. The van der Waals surface area contributed by atoms with Crippen molar-refractivity contribution < 1.29 is 17.6 Å². The van der Waals surface area contributed by atoms with Crippen molar-refractivity contribution in [1.82, 2.24) is 5.32 Å². The van der Waals surface area contributed by atoms with Gasteiger partial charge in [0.15, 0.2) is 0 Å². The second-order valence-corrected chi connectivity index (χ2v) is 5.73. The zero-order valence-electron chi connectivity index (χ0n) is 11.4. The molecule has 2 rings (SSSR count). The molecule has 1 N–H and O–H groups in total. The van der Waals surface area contributed by atoms with Crippen LogP contribution in [0.25, 0.3) is 0 Å². The SMILES string of the molecule is CC1CCC(CNCc2ccc(F)c(C(F)(F)F)c2)C1. The van der Waals surface area contributed by atoms with E-state index in [1.165, 1.54) is 25.3 Å². The Kier molecular flexibility index (Phi) is 4.68. The smallest absolute Gasteiger partial charge is 0.312 e. The molecule has 0 aliphatic heterocycles. The fourth-order valence-corrected chi connectivity index (χ4v) is 2.83. The molecule has 0 bridgehead atoms. The minimum atomic E-state index is -4.64. The molecule has 1 aromatic carbocycles. The summed E-state index contributed by atoms with van der Waals surface area (Å²) in [7, 11) is 0. The topological polar surface area (TPSA) is 12.0 Å². The molecule has 0 radical (unpaired) electrons. The van der Waals surface area contributed by atoms with Crippen molar-refractivity contribution in [3.63, 3.8) is 0 Å². The summed E-state index contributed by atoms with van der Waals surface area (Å²) >= 11 is 0. The van der Waals surface area contributed by atoms with Crippen molar-refractivity contribution in [2.24, 2.45) is 11.8 Å². The van der Waals surface area contributed by atoms with Crippen molar-refractivity contribution in [2.75, 3.05) is 6.54 Å². The van der Waals surface area contributed by atoms with Gasteiger partial charge in [-0.3, -0.25) is 0 Å². The third kappa shape index (κ3) is 3.95. The molecule has 5 heteroatoms. The number of nitrogens with one attached hydrogen (secondary N) is 1. The van der Waals surface area contributed by atoms with Crippen LogP contribution in [0.15, 0.2) is 18.2 Å². The highest BCUT2D eigenvalue weighted by molar-refractivity contribution is 5.27. The van der Waals surface area contributed by atoms with Crippen LogP contribution >= 0.6 is 0 Å².